The number of nitrogens with zero attached hydrogens (tertiary/aromatic N) is 5. The van der Waals surface area contributed by atoms with Crippen molar-refractivity contribution >= 4 is 40.9 Å². The molecule has 0 aliphatic heterocycles. The van der Waals surface area contributed by atoms with Crippen molar-refractivity contribution in [2.75, 3.05) is 29.5 Å². The van der Waals surface area contributed by atoms with E-state index in [0.717, 1.165) is 0 Å². The molecule has 3 heterocycles. The maximum absolute atomic E-state index is 12.8. The average Bonchev–Trinajstić information content (AvgIpc) is 3.41. The van der Waals surface area contributed by atoms with E-state index in [4.69, 9.17) is 17.2 Å². The summed E-state index contributed by atoms with van der Waals surface area (Å²) in [5.41, 5.74) is 17.8. The average molecular weight is 470 g/mol. The van der Waals surface area contributed by atoms with Crippen LogP contribution in [0, 0.1) is 0 Å². The number of carbonyl (C=O) groups excluding carboxylic acids is 3. The zero-order valence-electron chi connectivity index (χ0n) is 19.0. The highest BCUT2D eigenvalue weighted by atomic mass is 16.2. The molecule has 0 radical (unpaired) electrons. The van der Waals surface area contributed by atoms with Gasteiger partial charge in [0, 0.05) is 46.3 Å². The number of guanidine groups is 1. The number of amides is 3. The summed E-state index contributed by atoms with van der Waals surface area (Å²) in [5.74, 6) is -1.06. The predicted octanol–water partition coefficient (Wildman–Crippen LogP) is -0.813. The molecule has 0 aromatic carbocycles. The zero-order valence-corrected chi connectivity index (χ0v) is 19.0. The van der Waals surface area contributed by atoms with Gasteiger partial charge in [0.15, 0.2) is 11.8 Å². The van der Waals surface area contributed by atoms with Gasteiger partial charge in [-0.2, -0.15) is 0 Å². The number of nitrogens with two attached hydrogens (primary N) is 3. The van der Waals surface area contributed by atoms with Gasteiger partial charge >= 0.3 is 0 Å². The topological polar surface area (TPSA) is 205 Å². The second-order valence-corrected chi connectivity index (χ2v) is 7.53. The SMILES string of the molecule is Cn1cc(N)cc1C(=O)Nc1cc(C(=O)Nc2cn(C)c(C(=O)NCCN=C(N)N)n2)n(C)c1. The van der Waals surface area contributed by atoms with Crippen molar-refractivity contribution in [3.8, 4) is 0 Å². The number of aryl methyl sites for hydroxylation is 3. The van der Waals surface area contributed by atoms with Crippen LogP contribution in [-0.4, -0.2) is 55.5 Å². The highest BCUT2D eigenvalue weighted by Gasteiger charge is 2.19. The smallest absolute Gasteiger partial charge is 0.287 e. The molecule has 0 unspecified atom stereocenters. The Bertz CT molecular complexity index is 1260. The molecule has 14 nitrogen and oxygen atoms in total. The van der Waals surface area contributed by atoms with E-state index in [1.54, 1.807) is 48.7 Å². The van der Waals surface area contributed by atoms with E-state index < -0.39 is 11.8 Å². The third-order valence-electron chi connectivity index (χ3n) is 4.77. The summed E-state index contributed by atoms with van der Waals surface area (Å²) in [7, 11) is 5.00. The van der Waals surface area contributed by atoms with Crippen molar-refractivity contribution in [2.24, 2.45) is 37.6 Å². The van der Waals surface area contributed by atoms with Crippen LogP contribution in [0.15, 0.2) is 35.7 Å². The summed E-state index contributed by atoms with van der Waals surface area (Å²) in [4.78, 5) is 45.5. The molecule has 0 spiro atoms. The number of rotatable bonds is 8. The van der Waals surface area contributed by atoms with Crippen LogP contribution < -0.4 is 33.2 Å². The third kappa shape index (κ3) is 5.53. The number of aromatic nitrogens is 4. The van der Waals surface area contributed by atoms with Gasteiger partial charge in [0.1, 0.15) is 11.4 Å². The number of nitrogens with one attached hydrogen (secondary N) is 3. The van der Waals surface area contributed by atoms with Crippen LogP contribution in [0.5, 0.6) is 0 Å². The molecule has 0 bridgehead atoms. The molecule has 0 atom stereocenters. The minimum Gasteiger partial charge on any atom is -0.397 e. The van der Waals surface area contributed by atoms with Gasteiger partial charge in [0.05, 0.1) is 17.9 Å². The maximum Gasteiger partial charge on any atom is 0.287 e. The van der Waals surface area contributed by atoms with Crippen molar-refractivity contribution < 1.29 is 14.4 Å². The van der Waals surface area contributed by atoms with Crippen LogP contribution >= 0.6 is 0 Å². The summed E-state index contributed by atoms with van der Waals surface area (Å²) < 4.78 is 4.65. The Morgan fingerprint density at radius 2 is 1.56 bits per heavy atom. The molecule has 9 N–H and O–H groups in total. The second kappa shape index (κ2) is 9.81. The van der Waals surface area contributed by atoms with E-state index in [1.165, 1.54) is 16.8 Å². The van der Waals surface area contributed by atoms with Gasteiger partial charge in [-0.05, 0) is 12.1 Å². The van der Waals surface area contributed by atoms with Crippen LogP contribution in [0.2, 0.25) is 0 Å². The fraction of sp³-hybridized carbons (Fsp3) is 0.250. The van der Waals surface area contributed by atoms with Gasteiger partial charge in [0.2, 0.25) is 5.82 Å². The molecule has 0 saturated heterocycles. The Balaban J connectivity index is 1.65. The molecule has 3 amide bonds. The largest absolute Gasteiger partial charge is 0.397 e. The van der Waals surface area contributed by atoms with Gasteiger partial charge in [-0.25, -0.2) is 4.98 Å². The molecular formula is C20H27N11O3. The second-order valence-electron chi connectivity index (χ2n) is 7.53. The van der Waals surface area contributed by atoms with Crippen molar-refractivity contribution in [3.63, 3.8) is 0 Å². The number of carbonyl (C=O) groups is 3. The molecule has 0 fully saturated rings. The van der Waals surface area contributed by atoms with E-state index in [1.807, 2.05) is 0 Å². The fourth-order valence-electron chi connectivity index (χ4n) is 3.22. The van der Waals surface area contributed by atoms with Gasteiger partial charge in [-0.3, -0.25) is 19.4 Å². The van der Waals surface area contributed by atoms with E-state index in [0.29, 0.717) is 17.1 Å². The Hall–Kier alpha value is -4.75. The lowest BCUT2D eigenvalue weighted by molar-refractivity contribution is 0.0939. The fourth-order valence-corrected chi connectivity index (χ4v) is 3.22. The van der Waals surface area contributed by atoms with Gasteiger partial charge in [-0.1, -0.05) is 0 Å². The normalized spacial score (nSPS) is 10.6. The third-order valence-corrected chi connectivity index (χ3v) is 4.77. The number of imidazole rings is 1. The molecule has 3 aromatic heterocycles. The van der Waals surface area contributed by atoms with Gasteiger partial charge in [0.25, 0.3) is 17.7 Å². The lowest BCUT2D eigenvalue weighted by Crippen LogP contribution is -2.30. The van der Waals surface area contributed by atoms with Crippen LogP contribution in [0.4, 0.5) is 17.2 Å². The molecule has 0 saturated carbocycles. The van der Waals surface area contributed by atoms with E-state index in [2.05, 4.69) is 25.9 Å². The Morgan fingerprint density at radius 1 is 0.912 bits per heavy atom. The number of hydrogen-bond donors (Lipinski definition) is 6. The lowest BCUT2D eigenvalue weighted by atomic mass is 10.3. The highest BCUT2D eigenvalue weighted by Crippen LogP contribution is 2.17. The maximum atomic E-state index is 12.8. The minimum absolute atomic E-state index is 0.0655. The Labute approximate surface area is 194 Å². The molecule has 180 valence electrons. The standard InChI is InChI=1S/C20H27N11O3/c1-29-8-11(21)6-13(29)17(32)26-12-7-14(30(2)9-12)18(33)28-15-10-31(3)16(27-15)19(34)24-4-5-25-20(22)23/h6-10H,4-5,21H2,1-3H3,(H,24,34)(H,26,32)(H,28,33)(H4,22,23,25). The summed E-state index contributed by atoms with van der Waals surface area (Å²) in [5, 5.41) is 8.02. The van der Waals surface area contributed by atoms with E-state index >= 15 is 0 Å². The lowest BCUT2D eigenvalue weighted by Gasteiger charge is -2.03. The molecular weight excluding hydrogens is 442 g/mol. The molecule has 3 rings (SSSR count). The molecule has 0 aliphatic rings. The van der Waals surface area contributed by atoms with Crippen molar-refractivity contribution in [3.05, 3.63) is 47.9 Å². The molecule has 34 heavy (non-hydrogen) atoms. The summed E-state index contributed by atoms with van der Waals surface area (Å²) >= 11 is 0. The van der Waals surface area contributed by atoms with E-state index in [-0.39, 0.29) is 42.3 Å². The summed E-state index contributed by atoms with van der Waals surface area (Å²) in [6.07, 6.45) is 4.74. The number of anilines is 3. The van der Waals surface area contributed by atoms with Gasteiger partial charge in [-0.15, -0.1) is 0 Å². The van der Waals surface area contributed by atoms with Crippen molar-refractivity contribution in [1.82, 2.24) is 24.0 Å². The zero-order chi connectivity index (χ0) is 25.0. The Morgan fingerprint density at radius 3 is 2.21 bits per heavy atom. The van der Waals surface area contributed by atoms with E-state index in [9.17, 15) is 14.4 Å². The highest BCUT2D eigenvalue weighted by molar-refractivity contribution is 6.07. The van der Waals surface area contributed by atoms with Crippen molar-refractivity contribution in [2.45, 2.75) is 0 Å². The first-order chi connectivity index (χ1) is 16.0. The van der Waals surface area contributed by atoms with Crippen molar-refractivity contribution in [1.29, 1.82) is 0 Å². The summed E-state index contributed by atoms with van der Waals surface area (Å²) in [6, 6.07) is 3.08. The number of aliphatic imine (C=N–C) groups is 1. The Kier molecular flexibility index (Phi) is 6.89. The molecule has 0 aliphatic carbocycles. The predicted molar refractivity (Wildman–Crippen MR) is 127 cm³/mol. The number of hydrogen-bond acceptors (Lipinski definition) is 6. The van der Waals surface area contributed by atoms with Crippen LogP contribution in [0.1, 0.15) is 31.6 Å². The summed E-state index contributed by atoms with van der Waals surface area (Å²) in [6.45, 7) is 0.449. The quantitative estimate of drug-likeness (QED) is 0.140. The first kappa shape index (κ1) is 23.9. The monoisotopic (exact) mass is 469 g/mol. The van der Waals surface area contributed by atoms with Crippen LogP contribution in [-0.2, 0) is 21.1 Å². The van der Waals surface area contributed by atoms with Gasteiger partial charge < -0.3 is 46.9 Å². The molecule has 14 heteroatoms. The van der Waals surface area contributed by atoms with Crippen LogP contribution in [0.3, 0.4) is 0 Å². The first-order valence-electron chi connectivity index (χ1n) is 10.1. The minimum atomic E-state index is -0.469. The number of nitrogen functional groups attached to an aromatic ring is 1. The first-order valence-corrected chi connectivity index (χ1v) is 10.1. The molecule has 3 aromatic rings. The van der Waals surface area contributed by atoms with Crippen LogP contribution in [0.25, 0.3) is 0 Å².